The Morgan fingerprint density at radius 3 is 2.82 bits per heavy atom. The molecule has 2 heterocycles. The number of hydrogen-bond acceptors (Lipinski definition) is 2. The fraction of sp³-hybridized carbons (Fsp3) is 0.643. The van der Waals surface area contributed by atoms with Gasteiger partial charge in [0, 0.05) is 12.7 Å². The summed E-state index contributed by atoms with van der Waals surface area (Å²) in [4.78, 5) is 6.54. The summed E-state index contributed by atoms with van der Waals surface area (Å²) in [5, 5.41) is 0.600. The van der Waals surface area contributed by atoms with Gasteiger partial charge in [-0.2, -0.15) is 0 Å². The first kappa shape index (κ1) is 12.8. The van der Waals surface area contributed by atoms with E-state index in [1.165, 1.54) is 44.3 Å². The van der Waals surface area contributed by atoms with Crippen LogP contribution in [0.1, 0.15) is 38.2 Å². The number of piperidine rings is 1. The molecule has 0 unspecified atom stereocenters. The van der Waals surface area contributed by atoms with Crippen LogP contribution in [0.4, 0.5) is 0 Å². The molecule has 0 spiro atoms. The molecule has 1 aromatic rings. The third kappa shape index (κ3) is 3.97. The monoisotopic (exact) mass is 252 g/mol. The topological polar surface area (TPSA) is 16.1 Å². The average molecular weight is 253 g/mol. The van der Waals surface area contributed by atoms with E-state index >= 15 is 0 Å². The van der Waals surface area contributed by atoms with Gasteiger partial charge < -0.3 is 0 Å². The van der Waals surface area contributed by atoms with E-state index in [1.807, 2.05) is 6.07 Å². The highest BCUT2D eigenvalue weighted by Crippen LogP contribution is 2.23. The number of aromatic nitrogens is 1. The number of likely N-dealkylation sites (tertiary alicyclic amines) is 1. The fourth-order valence-electron chi connectivity index (χ4n) is 2.64. The SMILES string of the molecule is CCCC1CCN(Cc2ccnc(Cl)c2)CC1. The summed E-state index contributed by atoms with van der Waals surface area (Å²) in [6, 6.07) is 4.03. The van der Waals surface area contributed by atoms with Crippen molar-refractivity contribution >= 4 is 11.6 Å². The summed E-state index contributed by atoms with van der Waals surface area (Å²) in [5.41, 5.74) is 1.28. The molecule has 0 saturated carbocycles. The maximum absolute atomic E-state index is 5.90. The minimum absolute atomic E-state index is 0.600. The number of pyridine rings is 1. The van der Waals surface area contributed by atoms with Crippen LogP contribution in [0.5, 0.6) is 0 Å². The maximum Gasteiger partial charge on any atom is 0.129 e. The molecule has 3 heteroatoms. The molecule has 1 saturated heterocycles. The van der Waals surface area contributed by atoms with Gasteiger partial charge in [0.2, 0.25) is 0 Å². The molecule has 1 aromatic heterocycles. The van der Waals surface area contributed by atoms with Gasteiger partial charge in [0.15, 0.2) is 0 Å². The lowest BCUT2D eigenvalue weighted by atomic mass is 9.92. The first-order valence-corrected chi connectivity index (χ1v) is 6.98. The lowest BCUT2D eigenvalue weighted by molar-refractivity contribution is 0.172. The van der Waals surface area contributed by atoms with E-state index in [2.05, 4.69) is 22.9 Å². The van der Waals surface area contributed by atoms with Crippen molar-refractivity contribution in [3.63, 3.8) is 0 Å². The van der Waals surface area contributed by atoms with Crippen molar-refractivity contribution in [2.24, 2.45) is 5.92 Å². The Bertz CT molecular complexity index is 346. The van der Waals surface area contributed by atoms with Crippen molar-refractivity contribution < 1.29 is 0 Å². The predicted octanol–water partition coefficient (Wildman–Crippen LogP) is 3.75. The molecule has 0 aliphatic carbocycles. The van der Waals surface area contributed by atoms with E-state index in [0.717, 1.165) is 12.5 Å². The summed E-state index contributed by atoms with van der Waals surface area (Å²) < 4.78 is 0. The van der Waals surface area contributed by atoms with Crippen LogP contribution in [0.3, 0.4) is 0 Å². The molecule has 1 fully saturated rings. The number of rotatable bonds is 4. The van der Waals surface area contributed by atoms with Crippen LogP contribution in [0, 0.1) is 5.92 Å². The molecule has 17 heavy (non-hydrogen) atoms. The van der Waals surface area contributed by atoms with Crippen molar-refractivity contribution in [3.8, 4) is 0 Å². The van der Waals surface area contributed by atoms with Gasteiger partial charge >= 0.3 is 0 Å². The maximum atomic E-state index is 5.90. The zero-order valence-electron chi connectivity index (χ0n) is 10.5. The predicted molar refractivity (Wildman–Crippen MR) is 72.2 cm³/mol. The molecule has 1 aliphatic rings. The van der Waals surface area contributed by atoms with Gasteiger partial charge in [0.05, 0.1) is 0 Å². The lowest BCUT2D eigenvalue weighted by Crippen LogP contribution is -2.33. The van der Waals surface area contributed by atoms with Crippen molar-refractivity contribution in [2.75, 3.05) is 13.1 Å². The standard InChI is InChI=1S/C14H21ClN2/c1-2-3-12-5-8-17(9-6-12)11-13-4-7-16-14(15)10-13/h4,7,10,12H,2-3,5-6,8-9,11H2,1H3. The average Bonchev–Trinajstić information content (AvgIpc) is 2.32. The Labute approximate surface area is 109 Å². The van der Waals surface area contributed by atoms with Crippen molar-refractivity contribution in [1.82, 2.24) is 9.88 Å². The van der Waals surface area contributed by atoms with E-state index < -0.39 is 0 Å². The molecular formula is C14H21ClN2. The third-order valence-electron chi connectivity index (χ3n) is 3.60. The summed E-state index contributed by atoms with van der Waals surface area (Å²) in [5.74, 6) is 0.956. The van der Waals surface area contributed by atoms with Crippen LogP contribution in [0.25, 0.3) is 0 Å². The van der Waals surface area contributed by atoms with E-state index in [9.17, 15) is 0 Å². The molecule has 94 valence electrons. The molecule has 0 amide bonds. The zero-order chi connectivity index (χ0) is 12.1. The van der Waals surface area contributed by atoms with Gasteiger partial charge in [-0.1, -0.05) is 31.4 Å². The summed E-state index contributed by atoms with van der Waals surface area (Å²) in [7, 11) is 0. The normalized spacial score (nSPS) is 18.5. The van der Waals surface area contributed by atoms with E-state index in [-0.39, 0.29) is 0 Å². The van der Waals surface area contributed by atoms with Gasteiger partial charge in [-0.3, -0.25) is 4.90 Å². The summed E-state index contributed by atoms with van der Waals surface area (Å²) >= 11 is 5.90. The smallest absolute Gasteiger partial charge is 0.129 e. The molecule has 0 bridgehead atoms. The number of halogens is 1. The highest BCUT2D eigenvalue weighted by molar-refractivity contribution is 6.29. The largest absolute Gasteiger partial charge is 0.299 e. The van der Waals surface area contributed by atoms with E-state index in [1.54, 1.807) is 6.20 Å². The fourth-order valence-corrected chi connectivity index (χ4v) is 2.84. The molecular weight excluding hydrogens is 232 g/mol. The Balaban J connectivity index is 1.82. The second-order valence-electron chi connectivity index (χ2n) is 5.00. The first-order valence-electron chi connectivity index (χ1n) is 6.60. The van der Waals surface area contributed by atoms with Crippen LogP contribution in [-0.2, 0) is 6.54 Å². The van der Waals surface area contributed by atoms with Gasteiger partial charge in [-0.15, -0.1) is 0 Å². The van der Waals surface area contributed by atoms with Gasteiger partial charge in [-0.05, 0) is 49.5 Å². The van der Waals surface area contributed by atoms with Crippen LogP contribution in [-0.4, -0.2) is 23.0 Å². The van der Waals surface area contributed by atoms with Crippen molar-refractivity contribution in [2.45, 2.75) is 39.2 Å². The molecule has 0 aromatic carbocycles. The molecule has 2 rings (SSSR count). The summed E-state index contributed by atoms with van der Waals surface area (Å²) in [6.07, 6.45) is 7.22. The Morgan fingerprint density at radius 2 is 2.18 bits per heavy atom. The Hall–Kier alpha value is -0.600. The minimum Gasteiger partial charge on any atom is -0.299 e. The lowest BCUT2D eigenvalue weighted by Gasteiger charge is -2.31. The first-order chi connectivity index (χ1) is 8.28. The molecule has 0 atom stereocenters. The minimum atomic E-state index is 0.600. The quantitative estimate of drug-likeness (QED) is 0.759. The van der Waals surface area contributed by atoms with Crippen molar-refractivity contribution in [3.05, 3.63) is 29.0 Å². The third-order valence-corrected chi connectivity index (χ3v) is 3.81. The molecule has 1 aliphatic heterocycles. The highest BCUT2D eigenvalue weighted by Gasteiger charge is 2.18. The Kier molecular flexibility index (Phi) is 4.81. The van der Waals surface area contributed by atoms with E-state index in [4.69, 9.17) is 11.6 Å². The van der Waals surface area contributed by atoms with Crippen LogP contribution < -0.4 is 0 Å². The highest BCUT2D eigenvalue weighted by atomic mass is 35.5. The second kappa shape index (κ2) is 6.36. The Morgan fingerprint density at radius 1 is 1.41 bits per heavy atom. The number of nitrogens with zero attached hydrogens (tertiary/aromatic N) is 2. The molecule has 2 nitrogen and oxygen atoms in total. The molecule has 0 radical (unpaired) electrons. The number of hydrogen-bond donors (Lipinski definition) is 0. The van der Waals surface area contributed by atoms with Gasteiger partial charge in [-0.25, -0.2) is 4.98 Å². The summed E-state index contributed by atoms with van der Waals surface area (Å²) in [6.45, 7) is 5.75. The zero-order valence-corrected chi connectivity index (χ0v) is 11.3. The van der Waals surface area contributed by atoms with Crippen LogP contribution >= 0.6 is 11.6 Å². The van der Waals surface area contributed by atoms with Crippen molar-refractivity contribution in [1.29, 1.82) is 0 Å². The van der Waals surface area contributed by atoms with Gasteiger partial charge in [0.25, 0.3) is 0 Å². The second-order valence-corrected chi connectivity index (χ2v) is 5.38. The van der Waals surface area contributed by atoms with Gasteiger partial charge in [0.1, 0.15) is 5.15 Å². The van der Waals surface area contributed by atoms with Crippen LogP contribution in [0.15, 0.2) is 18.3 Å². The van der Waals surface area contributed by atoms with Crippen LogP contribution in [0.2, 0.25) is 5.15 Å². The van der Waals surface area contributed by atoms with E-state index in [0.29, 0.717) is 5.15 Å². The molecule has 0 N–H and O–H groups in total.